The minimum atomic E-state index is -0.0671. The number of H-pyrrole nitrogens is 1. The predicted molar refractivity (Wildman–Crippen MR) is 117 cm³/mol. The van der Waals surface area contributed by atoms with Gasteiger partial charge < -0.3 is 4.98 Å². The Morgan fingerprint density at radius 2 is 1.97 bits per heavy atom. The van der Waals surface area contributed by atoms with Crippen molar-refractivity contribution >= 4 is 33.3 Å². The number of rotatable bonds is 5. The van der Waals surface area contributed by atoms with Crippen LogP contribution in [0.15, 0.2) is 40.3 Å². The molecule has 1 aliphatic rings. The molecular formula is C21H21N5OS2. The average molecular weight is 424 g/mol. The molecule has 1 atom stereocenters. The fraction of sp³-hybridized carbons (Fsp3) is 0.333. The number of hydrogen-bond donors (Lipinski definition) is 1. The highest BCUT2D eigenvalue weighted by Gasteiger charge is 2.31. The standard InChI is InChI=1S/C21H21N5OS2/c1-11-12(2)28-20-16(11)19(27)22-17(23-20)13(3)29-21-25-24-18(14-9-10-14)26(21)15-7-5-4-6-8-15/h4-8,13-14H,9-10H2,1-3H3,(H,22,23,27). The first-order chi connectivity index (χ1) is 14.0. The lowest BCUT2D eigenvalue weighted by atomic mass is 10.2. The summed E-state index contributed by atoms with van der Waals surface area (Å²) in [5, 5.41) is 10.4. The van der Waals surface area contributed by atoms with Crippen LogP contribution < -0.4 is 5.56 Å². The molecule has 0 radical (unpaired) electrons. The van der Waals surface area contributed by atoms with Gasteiger partial charge in [0.25, 0.3) is 5.56 Å². The van der Waals surface area contributed by atoms with E-state index in [1.54, 1.807) is 23.1 Å². The van der Waals surface area contributed by atoms with Crippen LogP contribution in [0, 0.1) is 13.8 Å². The Hall–Kier alpha value is -2.45. The Balaban J connectivity index is 1.52. The molecule has 1 aliphatic carbocycles. The number of aromatic amines is 1. The summed E-state index contributed by atoms with van der Waals surface area (Å²) in [6.45, 7) is 6.05. The van der Waals surface area contributed by atoms with Crippen molar-refractivity contribution in [3.63, 3.8) is 0 Å². The molecule has 3 aromatic heterocycles. The molecule has 0 aliphatic heterocycles. The lowest BCUT2D eigenvalue weighted by molar-refractivity contribution is 0.822. The van der Waals surface area contributed by atoms with Crippen molar-refractivity contribution in [3.8, 4) is 5.69 Å². The summed E-state index contributed by atoms with van der Waals surface area (Å²) in [5.74, 6) is 2.18. The van der Waals surface area contributed by atoms with Gasteiger partial charge >= 0.3 is 0 Å². The summed E-state index contributed by atoms with van der Waals surface area (Å²) in [6, 6.07) is 10.2. The van der Waals surface area contributed by atoms with E-state index >= 15 is 0 Å². The third kappa shape index (κ3) is 3.30. The summed E-state index contributed by atoms with van der Waals surface area (Å²) in [4.78, 5) is 22.3. The van der Waals surface area contributed by atoms with Gasteiger partial charge in [-0.1, -0.05) is 30.0 Å². The van der Waals surface area contributed by atoms with Crippen molar-refractivity contribution in [2.24, 2.45) is 0 Å². The van der Waals surface area contributed by atoms with Crippen LogP contribution in [-0.4, -0.2) is 24.7 Å². The van der Waals surface area contributed by atoms with Crippen LogP contribution in [0.2, 0.25) is 0 Å². The Morgan fingerprint density at radius 3 is 2.69 bits per heavy atom. The first-order valence-corrected chi connectivity index (χ1v) is 11.4. The highest BCUT2D eigenvalue weighted by atomic mass is 32.2. The number of benzene rings is 1. The van der Waals surface area contributed by atoms with Crippen LogP contribution in [-0.2, 0) is 0 Å². The maximum Gasteiger partial charge on any atom is 0.259 e. The van der Waals surface area contributed by atoms with E-state index in [0.717, 1.165) is 44.8 Å². The zero-order chi connectivity index (χ0) is 20.1. The topological polar surface area (TPSA) is 76.5 Å². The van der Waals surface area contributed by atoms with Crippen molar-refractivity contribution in [2.75, 3.05) is 0 Å². The van der Waals surface area contributed by atoms with Gasteiger partial charge in [-0.2, -0.15) is 0 Å². The molecule has 0 bridgehead atoms. The van der Waals surface area contributed by atoms with Gasteiger partial charge in [0, 0.05) is 16.5 Å². The molecule has 0 spiro atoms. The molecule has 1 aromatic carbocycles. The minimum absolute atomic E-state index is 0.0615. The average Bonchev–Trinajstić information content (AvgIpc) is 3.41. The van der Waals surface area contributed by atoms with Crippen LogP contribution in [0.4, 0.5) is 0 Å². The second kappa shape index (κ2) is 7.11. The predicted octanol–water partition coefficient (Wildman–Crippen LogP) is 4.91. The number of para-hydroxylation sites is 1. The van der Waals surface area contributed by atoms with Crippen molar-refractivity contribution in [2.45, 2.75) is 49.9 Å². The van der Waals surface area contributed by atoms with E-state index in [9.17, 15) is 4.79 Å². The van der Waals surface area contributed by atoms with Crippen LogP contribution in [0.5, 0.6) is 0 Å². The van der Waals surface area contributed by atoms with Crippen LogP contribution in [0.3, 0.4) is 0 Å². The smallest absolute Gasteiger partial charge is 0.259 e. The van der Waals surface area contributed by atoms with Gasteiger partial charge in [-0.05, 0) is 51.3 Å². The zero-order valence-electron chi connectivity index (χ0n) is 16.5. The summed E-state index contributed by atoms with van der Waals surface area (Å²) in [7, 11) is 0. The Labute approximate surface area is 176 Å². The van der Waals surface area contributed by atoms with Gasteiger partial charge in [0.2, 0.25) is 0 Å². The SMILES string of the molecule is Cc1sc2nc(C(C)Sc3nnc(C4CC4)n3-c3ccccc3)[nH]c(=O)c2c1C. The normalized spacial score (nSPS) is 15.1. The number of nitrogens with zero attached hydrogens (tertiary/aromatic N) is 4. The first-order valence-electron chi connectivity index (χ1n) is 9.70. The molecule has 8 heteroatoms. The second-order valence-corrected chi connectivity index (χ2v) is 9.97. The molecule has 0 saturated heterocycles. The molecule has 1 fully saturated rings. The minimum Gasteiger partial charge on any atom is -0.309 e. The molecule has 5 rings (SSSR count). The van der Waals surface area contributed by atoms with Gasteiger partial charge in [-0.15, -0.1) is 21.5 Å². The molecule has 148 valence electrons. The van der Waals surface area contributed by atoms with Crippen molar-refractivity contribution in [3.05, 3.63) is 62.8 Å². The maximum absolute atomic E-state index is 12.6. The van der Waals surface area contributed by atoms with E-state index in [0.29, 0.717) is 17.1 Å². The first kappa shape index (κ1) is 18.6. The fourth-order valence-electron chi connectivity index (χ4n) is 3.46. The molecule has 29 heavy (non-hydrogen) atoms. The van der Waals surface area contributed by atoms with Crippen molar-refractivity contribution in [1.29, 1.82) is 0 Å². The molecule has 3 heterocycles. The highest BCUT2D eigenvalue weighted by molar-refractivity contribution is 7.99. The molecule has 6 nitrogen and oxygen atoms in total. The molecule has 0 amide bonds. The van der Waals surface area contributed by atoms with Gasteiger partial charge in [0.05, 0.1) is 10.6 Å². The number of thioether (sulfide) groups is 1. The van der Waals surface area contributed by atoms with Gasteiger partial charge in [0.1, 0.15) is 16.5 Å². The van der Waals surface area contributed by atoms with Crippen LogP contribution in [0.25, 0.3) is 15.9 Å². The Morgan fingerprint density at radius 1 is 1.21 bits per heavy atom. The zero-order valence-corrected chi connectivity index (χ0v) is 18.1. The van der Waals surface area contributed by atoms with E-state index in [1.165, 1.54) is 0 Å². The van der Waals surface area contributed by atoms with Gasteiger partial charge in [-0.25, -0.2) is 4.98 Å². The third-order valence-electron chi connectivity index (χ3n) is 5.34. The third-order valence-corrected chi connectivity index (χ3v) is 7.49. The maximum atomic E-state index is 12.6. The van der Waals surface area contributed by atoms with E-state index in [4.69, 9.17) is 4.98 Å². The monoisotopic (exact) mass is 423 g/mol. The molecule has 1 N–H and O–H groups in total. The summed E-state index contributed by atoms with van der Waals surface area (Å²) >= 11 is 3.15. The van der Waals surface area contributed by atoms with Gasteiger partial charge in [0.15, 0.2) is 5.16 Å². The number of nitrogens with one attached hydrogen (secondary N) is 1. The van der Waals surface area contributed by atoms with E-state index in [-0.39, 0.29) is 10.8 Å². The quantitative estimate of drug-likeness (QED) is 0.462. The van der Waals surface area contributed by atoms with Crippen LogP contribution >= 0.6 is 23.1 Å². The number of fused-ring (bicyclic) bond motifs is 1. The number of thiophene rings is 1. The number of aromatic nitrogens is 5. The molecule has 1 saturated carbocycles. The van der Waals surface area contributed by atoms with Gasteiger partial charge in [-0.3, -0.25) is 9.36 Å². The second-order valence-electron chi connectivity index (χ2n) is 7.46. The summed E-state index contributed by atoms with van der Waals surface area (Å²) in [6.07, 6.45) is 2.32. The lowest BCUT2D eigenvalue weighted by Gasteiger charge is -2.13. The summed E-state index contributed by atoms with van der Waals surface area (Å²) in [5.41, 5.74) is 2.02. The summed E-state index contributed by atoms with van der Waals surface area (Å²) < 4.78 is 2.15. The molecule has 4 aromatic rings. The fourth-order valence-corrected chi connectivity index (χ4v) is 5.43. The van der Waals surface area contributed by atoms with Crippen molar-refractivity contribution < 1.29 is 0 Å². The van der Waals surface area contributed by atoms with E-state index in [2.05, 4.69) is 31.9 Å². The molecule has 1 unspecified atom stereocenters. The number of hydrogen-bond acceptors (Lipinski definition) is 6. The number of aryl methyl sites for hydroxylation is 2. The lowest BCUT2D eigenvalue weighted by Crippen LogP contribution is -2.13. The largest absolute Gasteiger partial charge is 0.309 e. The Bertz CT molecular complexity index is 1250. The van der Waals surface area contributed by atoms with Crippen molar-refractivity contribution in [1.82, 2.24) is 24.7 Å². The molecular weight excluding hydrogens is 402 g/mol. The van der Waals surface area contributed by atoms with E-state index < -0.39 is 0 Å². The van der Waals surface area contributed by atoms with E-state index in [1.807, 2.05) is 39.0 Å². The Kier molecular flexibility index (Phi) is 4.55. The highest BCUT2D eigenvalue weighted by Crippen LogP contribution is 2.42. The van der Waals surface area contributed by atoms with Crippen LogP contribution in [0.1, 0.15) is 53.0 Å².